The Morgan fingerprint density at radius 2 is 1.70 bits per heavy atom. The maximum absolute atomic E-state index is 12.8. The summed E-state index contributed by atoms with van der Waals surface area (Å²) in [5.41, 5.74) is 8.43. The van der Waals surface area contributed by atoms with Gasteiger partial charge in [0.25, 0.3) is 5.91 Å². The number of amides is 1. The van der Waals surface area contributed by atoms with E-state index in [1.54, 1.807) is 12.1 Å². The zero-order chi connectivity index (χ0) is 21.7. The summed E-state index contributed by atoms with van der Waals surface area (Å²) in [4.78, 5) is 12.6. The van der Waals surface area contributed by atoms with Gasteiger partial charge in [0.05, 0.1) is 4.90 Å². The molecule has 0 atom stereocenters. The van der Waals surface area contributed by atoms with Crippen LogP contribution in [0.15, 0.2) is 47.4 Å². The van der Waals surface area contributed by atoms with E-state index < -0.39 is 15.9 Å². The van der Waals surface area contributed by atoms with Crippen LogP contribution in [0.5, 0.6) is 0 Å². The molecule has 1 fully saturated rings. The van der Waals surface area contributed by atoms with Crippen LogP contribution in [0.1, 0.15) is 40.7 Å². The van der Waals surface area contributed by atoms with Crippen molar-refractivity contribution in [3.05, 3.63) is 59.2 Å². The quantitative estimate of drug-likeness (QED) is 0.494. The van der Waals surface area contributed by atoms with Crippen LogP contribution in [-0.4, -0.2) is 36.8 Å². The Balaban J connectivity index is 1.64. The van der Waals surface area contributed by atoms with E-state index in [9.17, 15) is 13.2 Å². The molecule has 0 aromatic heterocycles. The van der Waals surface area contributed by atoms with Crippen molar-refractivity contribution in [2.75, 3.05) is 18.4 Å². The molecule has 0 bridgehead atoms. The molecule has 30 heavy (non-hydrogen) atoms. The molecule has 0 aliphatic carbocycles. The first kappa shape index (κ1) is 22.2. The molecule has 7 nitrogen and oxygen atoms in total. The molecule has 9 heteroatoms. The third kappa shape index (κ3) is 5.16. The van der Waals surface area contributed by atoms with Gasteiger partial charge in [0.1, 0.15) is 0 Å². The summed E-state index contributed by atoms with van der Waals surface area (Å²) in [6.07, 6.45) is 2.75. The number of aryl methyl sites for hydroxylation is 1. The molecule has 1 aliphatic rings. The van der Waals surface area contributed by atoms with Gasteiger partial charge in [0, 0.05) is 24.3 Å². The number of hydrogen-bond acceptors (Lipinski definition) is 4. The van der Waals surface area contributed by atoms with Gasteiger partial charge in [-0.15, -0.1) is 0 Å². The summed E-state index contributed by atoms with van der Waals surface area (Å²) in [5, 5.41) is 3.27. The molecule has 3 rings (SSSR count). The van der Waals surface area contributed by atoms with Gasteiger partial charge in [-0.25, -0.2) is 8.42 Å². The minimum absolute atomic E-state index is 0.119. The van der Waals surface area contributed by atoms with Gasteiger partial charge in [-0.2, -0.15) is 4.31 Å². The maximum Gasteiger partial charge on any atom is 0.269 e. The summed E-state index contributed by atoms with van der Waals surface area (Å²) >= 11 is 5.24. The molecule has 1 saturated heterocycles. The fourth-order valence-electron chi connectivity index (χ4n) is 3.28. The topological polar surface area (TPSA) is 90.5 Å². The molecule has 3 N–H and O–H groups in total. The Bertz CT molecular complexity index is 1050. The van der Waals surface area contributed by atoms with Gasteiger partial charge in [0.15, 0.2) is 5.11 Å². The SMILES string of the molecule is Cc1cccc(NC(=S)NNC(=O)c2cccc(S(=O)(=O)N3CCCCC3)c2)c1C. The van der Waals surface area contributed by atoms with Gasteiger partial charge < -0.3 is 5.32 Å². The molecular formula is C21H26N4O3S2. The minimum atomic E-state index is -3.60. The zero-order valence-corrected chi connectivity index (χ0v) is 18.7. The van der Waals surface area contributed by atoms with Gasteiger partial charge in [-0.3, -0.25) is 15.6 Å². The molecule has 1 heterocycles. The van der Waals surface area contributed by atoms with Crippen LogP contribution in [0.3, 0.4) is 0 Å². The monoisotopic (exact) mass is 446 g/mol. The molecule has 160 valence electrons. The number of anilines is 1. The molecular weight excluding hydrogens is 420 g/mol. The summed E-state index contributed by atoms with van der Waals surface area (Å²) in [6.45, 7) is 5.01. The van der Waals surface area contributed by atoms with Crippen LogP contribution < -0.4 is 16.2 Å². The number of nitrogens with zero attached hydrogens (tertiary/aromatic N) is 1. The smallest absolute Gasteiger partial charge is 0.269 e. The Morgan fingerprint density at radius 1 is 1.00 bits per heavy atom. The van der Waals surface area contributed by atoms with E-state index in [2.05, 4.69) is 16.2 Å². The van der Waals surface area contributed by atoms with Crippen LogP contribution in [0.25, 0.3) is 0 Å². The molecule has 2 aromatic carbocycles. The predicted octanol–water partition coefficient (Wildman–Crippen LogP) is 3.11. The van der Waals surface area contributed by atoms with E-state index in [-0.39, 0.29) is 15.6 Å². The van der Waals surface area contributed by atoms with Crippen molar-refractivity contribution >= 4 is 38.9 Å². The van der Waals surface area contributed by atoms with E-state index >= 15 is 0 Å². The number of nitrogens with one attached hydrogen (secondary N) is 3. The molecule has 1 aliphatic heterocycles. The lowest BCUT2D eigenvalue weighted by molar-refractivity contribution is 0.0944. The normalized spacial score (nSPS) is 14.7. The number of carbonyl (C=O) groups is 1. The first-order valence-corrected chi connectivity index (χ1v) is 11.7. The highest BCUT2D eigenvalue weighted by atomic mass is 32.2. The minimum Gasteiger partial charge on any atom is -0.331 e. The molecule has 2 aromatic rings. The van der Waals surface area contributed by atoms with E-state index in [0.29, 0.717) is 13.1 Å². The number of hydrogen-bond donors (Lipinski definition) is 3. The summed E-state index contributed by atoms with van der Waals surface area (Å²) in [7, 11) is -3.60. The number of benzene rings is 2. The Labute approximate surface area is 182 Å². The number of hydrazine groups is 1. The first-order chi connectivity index (χ1) is 14.3. The van der Waals surface area contributed by atoms with E-state index in [1.165, 1.54) is 16.4 Å². The lowest BCUT2D eigenvalue weighted by Crippen LogP contribution is -2.44. The van der Waals surface area contributed by atoms with Crippen molar-refractivity contribution in [2.45, 2.75) is 38.0 Å². The van der Waals surface area contributed by atoms with Crippen molar-refractivity contribution < 1.29 is 13.2 Å². The van der Waals surface area contributed by atoms with Crippen LogP contribution in [-0.2, 0) is 10.0 Å². The Hall–Kier alpha value is -2.49. The second kappa shape index (κ2) is 9.55. The van der Waals surface area contributed by atoms with E-state index in [0.717, 1.165) is 36.1 Å². The van der Waals surface area contributed by atoms with Gasteiger partial charge in [0.2, 0.25) is 10.0 Å². The highest BCUT2D eigenvalue weighted by Gasteiger charge is 2.26. The lowest BCUT2D eigenvalue weighted by Gasteiger charge is -2.26. The second-order valence-electron chi connectivity index (χ2n) is 7.27. The zero-order valence-electron chi connectivity index (χ0n) is 17.1. The van der Waals surface area contributed by atoms with Crippen LogP contribution in [0.2, 0.25) is 0 Å². The third-order valence-corrected chi connectivity index (χ3v) is 7.29. The molecule has 0 spiro atoms. The Kier molecular flexibility index (Phi) is 7.06. The molecule has 0 saturated carbocycles. The van der Waals surface area contributed by atoms with E-state index in [4.69, 9.17) is 12.2 Å². The fraction of sp³-hybridized carbons (Fsp3) is 0.333. The third-order valence-electron chi connectivity index (χ3n) is 5.19. The molecule has 1 amide bonds. The highest BCUT2D eigenvalue weighted by Crippen LogP contribution is 2.21. The van der Waals surface area contributed by atoms with Crippen molar-refractivity contribution in [3.8, 4) is 0 Å². The standard InChI is InChI=1S/C21H26N4O3S2/c1-15-8-6-11-19(16(15)2)22-21(29)24-23-20(26)17-9-7-10-18(14-17)30(27,28)25-12-4-3-5-13-25/h6-11,14H,3-5,12-13H2,1-2H3,(H,23,26)(H2,22,24,29). The van der Waals surface area contributed by atoms with Crippen molar-refractivity contribution in [1.82, 2.24) is 15.2 Å². The van der Waals surface area contributed by atoms with Crippen molar-refractivity contribution in [3.63, 3.8) is 0 Å². The van der Waals surface area contributed by atoms with Crippen molar-refractivity contribution in [2.24, 2.45) is 0 Å². The summed E-state index contributed by atoms with van der Waals surface area (Å²) < 4.78 is 27.2. The first-order valence-electron chi connectivity index (χ1n) is 9.83. The fourth-order valence-corrected chi connectivity index (χ4v) is 5.00. The van der Waals surface area contributed by atoms with Crippen LogP contribution >= 0.6 is 12.2 Å². The predicted molar refractivity (Wildman–Crippen MR) is 122 cm³/mol. The number of thiocarbonyl (C=S) groups is 1. The van der Waals surface area contributed by atoms with Gasteiger partial charge in [-0.05, 0) is 74.3 Å². The number of rotatable bonds is 4. The van der Waals surface area contributed by atoms with E-state index in [1.807, 2.05) is 32.0 Å². The largest absolute Gasteiger partial charge is 0.331 e. The number of carbonyl (C=O) groups excluding carboxylic acids is 1. The summed E-state index contributed by atoms with van der Waals surface area (Å²) in [5.74, 6) is -0.476. The molecule has 0 unspecified atom stereocenters. The Morgan fingerprint density at radius 3 is 2.43 bits per heavy atom. The average molecular weight is 447 g/mol. The van der Waals surface area contributed by atoms with Crippen LogP contribution in [0.4, 0.5) is 5.69 Å². The lowest BCUT2D eigenvalue weighted by atomic mass is 10.1. The molecule has 0 radical (unpaired) electrons. The highest BCUT2D eigenvalue weighted by molar-refractivity contribution is 7.89. The van der Waals surface area contributed by atoms with Gasteiger partial charge in [-0.1, -0.05) is 24.6 Å². The second-order valence-corrected chi connectivity index (χ2v) is 9.62. The van der Waals surface area contributed by atoms with Gasteiger partial charge >= 0.3 is 0 Å². The average Bonchev–Trinajstić information content (AvgIpc) is 2.76. The number of piperidine rings is 1. The van der Waals surface area contributed by atoms with Crippen molar-refractivity contribution in [1.29, 1.82) is 0 Å². The summed E-state index contributed by atoms with van der Waals surface area (Å²) in [6, 6.07) is 11.9. The maximum atomic E-state index is 12.8. The number of sulfonamides is 1. The van der Waals surface area contributed by atoms with Crippen LogP contribution in [0, 0.1) is 13.8 Å².